The van der Waals surface area contributed by atoms with E-state index in [1.165, 1.54) is 11.3 Å². The van der Waals surface area contributed by atoms with Crippen LogP contribution >= 0.6 is 11.3 Å². The molecule has 0 fully saturated rings. The molecule has 0 aromatic carbocycles. The van der Waals surface area contributed by atoms with Gasteiger partial charge in [0.15, 0.2) is 0 Å². The highest BCUT2D eigenvalue weighted by atomic mass is 32.1. The molecule has 3 heterocycles. The molecule has 6 heteroatoms. The topological polar surface area (TPSA) is 77.8 Å². The van der Waals surface area contributed by atoms with Gasteiger partial charge in [-0.1, -0.05) is 11.2 Å². The second kappa shape index (κ2) is 4.72. The van der Waals surface area contributed by atoms with Gasteiger partial charge in [0.1, 0.15) is 5.69 Å². The predicted molar refractivity (Wildman–Crippen MR) is 79.5 cm³/mol. The van der Waals surface area contributed by atoms with Crippen LogP contribution in [-0.4, -0.2) is 15.1 Å². The highest BCUT2D eigenvalue weighted by Gasteiger charge is 2.19. The Balaban J connectivity index is 2.09. The molecule has 0 bridgehead atoms. The molecular formula is C14H14N4OS. The summed E-state index contributed by atoms with van der Waals surface area (Å²) in [5.74, 6) is 0.935. The summed E-state index contributed by atoms with van der Waals surface area (Å²) in [6, 6.07) is 3.84. The molecule has 0 saturated carbocycles. The van der Waals surface area contributed by atoms with Crippen LogP contribution in [0.2, 0.25) is 0 Å². The molecule has 3 aromatic rings. The zero-order valence-corrected chi connectivity index (χ0v) is 12.3. The van der Waals surface area contributed by atoms with E-state index in [0.29, 0.717) is 16.7 Å². The molecule has 0 spiro atoms. The number of hydrogen-bond acceptors (Lipinski definition) is 6. The average Bonchev–Trinajstić information content (AvgIpc) is 2.96. The zero-order chi connectivity index (χ0) is 14.3. The van der Waals surface area contributed by atoms with Crippen molar-refractivity contribution in [2.75, 3.05) is 5.73 Å². The van der Waals surface area contributed by atoms with Crippen molar-refractivity contribution in [3.8, 4) is 23.0 Å². The lowest BCUT2D eigenvalue weighted by molar-refractivity contribution is 0.432. The average molecular weight is 286 g/mol. The Labute approximate surface area is 120 Å². The van der Waals surface area contributed by atoms with E-state index in [-0.39, 0.29) is 0 Å². The van der Waals surface area contributed by atoms with E-state index < -0.39 is 0 Å². The standard InChI is InChI=1S/C14H14N4OS/c1-7-5-4-6-16-11(7)13-17-14(19-18-13)10-8(2)9(3)20-12(10)15/h4-6H,15H2,1-3H3. The SMILES string of the molecule is Cc1cccnc1-c1noc(-c2c(N)sc(C)c2C)n1. The number of rotatable bonds is 2. The molecule has 3 rings (SSSR count). The minimum absolute atomic E-state index is 0.449. The summed E-state index contributed by atoms with van der Waals surface area (Å²) < 4.78 is 5.36. The minimum Gasteiger partial charge on any atom is -0.390 e. The third-order valence-corrected chi connectivity index (χ3v) is 4.31. The molecule has 20 heavy (non-hydrogen) atoms. The number of pyridine rings is 1. The summed E-state index contributed by atoms with van der Waals surface area (Å²) in [5.41, 5.74) is 9.68. The third-order valence-electron chi connectivity index (χ3n) is 3.27. The van der Waals surface area contributed by atoms with Crippen LogP contribution in [0.15, 0.2) is 22.9 Å². The number of nitrogen functional groups attached to an aromatic ring is 1. The van der Waals surface area contributed by atoms with Gasteiger partial charge in [-0.15, -0.1) is 11.3 Å². The van der Waals surface area contributed by atoms with Crippen LogP contribution in [0.4, 0.5) is 5.00 Å². The fraction of sp³-hybridized carbons (Fsp3) is 0.214. The predicted octanol–water partition coefficient (Wildman–Crippen LogP) is 3.37. The van der Waals surface area contributed by atoms with E-state index in [2.05, 4.69) is 15.1 Å². The zero-order valence-electron chi connectivity index (χ0n) is 11.5. The number of hydrogen-bond donors (Lipinski definition) is 1. The van der Waals surface area contributed by atoms with Crippen LogP contribution in [0.25, 0.3) is 23.0 Å². The Morgan fingerprint density at radius 1 is 1.25 bits per heavy atom. The van der Waals surface area contributed by atoms with Gasteiger partial charge in [0, 0.05) is 11.1 Å². The van der Waals surface area contributed by atoms with Gasteiger partial charge in [-0.25, -0.2) is 0 Å². The van der Waals surface area contributed by atoms with Crippen molar-refractivity contribution in [2.45, 2.75) is 20.8 Å². The van der Waals surface area contributed by atoms with Gasteiger partial charge < -0.3 is 10.3 Å². The largest absolute Gasteiger partial charge is 0.390 e. The molecule has 0 atom stereocenters. The molecule has 102 valence electrons. The Bertz CT molecular complexity index is 775. The van der Waals surface area contributed by atoms with E-state index in [0.717, 1.165) is 27.3 Å². The number of nitrogens with zero attached hydrogens (tertiary/aromatic N) is 3. The van der Waals surface area contributed by atoms with Crippen LogP contribution in [0.1, 0.15) is 16.0 Å². The Morgan fingerprint density at radius 2 is 2.05 bits per heavy atom. The van der Waals surface area contributed by atoms with Crippen molar-refractivity contribution in [1.82, 2.24) is 15.1 Å². The van der Waals surface area contributed by atoms with Crippen LogP contribution in [0, 0.1) is 20.8 Å². The second-order valence-electron chi connectivity index (χ2n) is 4.61. The van der Waals surface area contributed by atoms with E-state index >= 15 is 0 Å². The van der Waals surface area contributed by atoms with E-state index in [1.807, 2.05) is 32.9 Å². The van der Waals surface area contributed by atoms with E-state index in [4.69, 9.17) is 10.3 Å². The van der Waals surface area contributed by atoms with Crippen molar-refractivity contribution in [1.29, 1.82) is 0 Å². The van der Waals surface area contributed by atoms with Gasteiger partial charge in [0.25, 0.3) is 5.89 Å². The molecular weight excluding hydrogens is 272 g/mol. The van der Waals surface area contributed by atoms with Gasteiger partial charge in [0.2, 0.25) is 5.82 Å². The Morgan fingerprint density at radius 3 is 2.70 bits per heavy atom. The van der Waals surface area contributed by atoms with Gasteiger partial charge in [-0.2, -0.15) is 4.98 Å². The smallest absolute Gasteiger partial charge is 0.261 e. The van der Waals surface area contributed by atoms with Crippen molar-refractivity contribution in [3.63, 3.8) is 0 Å². The monoisotopic (exact) mass is 286 g/mol. The lowest BCUT2D eigenvalue weighted by atomic mass is 10.1. The normalized spacial score (nSPS) is 10.9. The first-order valence-corrected chi connectivity index (χ1v) is 7.01. The molecule has 0 aliphatic rings. The van der Waals surface area contributed by atoms with Crippen molar-refractivity contribution >= 4 is 16.3 Å². The molecule has 0 aliphatic heterocycles. The number of thiophene rings is 1. The number of aryl methyl sites for hydroxylation is 2. The van der Waals surface area contributed by atoms with Crippen LogP contribution in [0.3, 0.4) is 0 Å². The van der Waals surface area contributed by atoms with E-state index in [1.54, 1.807) is 6.20 Å². The van der Waals surface area contributed by atoms with E-state index in [9.17, 15) is 0 Å². The highest BCUT2D eigenvalue weighted by Crippen LogP contribution is 2.37. The first-order valence-electron chi connectivity index (χ1n) is 6.19. The minimum atomic E-state index is 0.449. The lowest BCUT2D eigenvalue weighted by Gasteiger charge is -1.97. The Kier molecular flexibility index (Phi) is 3.02. The molecule has 2 N–H and O–H groups in total. The van der Waals surface area contributed by atoms with Crippen LogP contribution in [0.5, 0.6) is 0 Å². The molecule has 0 unspecified atom stereocenters. The van der Waals surface area contributed by atoms with Gasteiger partial charge in [-0.3, -0.25) is 4.98 Å². The lowest BCUT2D eigenvalue weighted by Crippen LogP contribution is -1.90. The summed E-state index contributed by atoms with van der Waals surface area (Å²) in [6.45, 7) is 6.00. The summed E-state index contributed by atoms with van der Waals surface area (Å²) in [4.78, 5) is 9.88. The maximum Gasteiger partial charge on any atom is 0.261 e. The van der Waals surface area contributed by atoms with Crippen LogP contribution in [-0.2, 0) is 0 Å². The van der Waals surface area contributed by atoms with Gasteiger partial charge in [-0.05, 0) is 38.0 Å². The number of nitrogens with two attached hydrogens (primary N) is 1. The van der Waals surface area contributed by atoms with Crippen LogP contribution < -0.4 is 5.73 Å². The molecule has 0 aliphatic carbocycles. The first-order chi connectivity index (χ1) is 9.58. The maximum atomic E-state index is 6.03. The summed E-state index contributed by atoms with van der Waals surface area (Å²) in [6.07, 6.45) is 1.71. The molecule has 5 nitrogen and oxygen atoms in total. The molecule has 0 amide bonds. The summed E-state index contributed by atoms with van der Waals surface area (Å²) in [5, 5.41) is 4.72. The quantitative estimate of drug-likeness (QED) is 0.781. The van der Waals surface area contributed by atoms with Crippen molar-refractivity contribution in [2.24, 2.45) is 0 Å². The van der Waals surface area contributed by atoms with Gasteiger partial charge in [0.05, 0.1) is 10.6 Å². The van der Waals surface area contributed by atoms with Gasteiger partial charge >= 0.3 is 0 Å². The highest BCUT2D eigenvalue weighted by molar-refractivity contribution is 7.16. The summed E-state index contributed by atoms with van der Waals surface area (Å²) in [7, 11) is 0. The second-order valence-corrected chi connectivity index (χ2v) is 5.87. The van der Waals surface area contributed by atoms with Crippen molar-refractivity contribution < 1.29 is 4.52 Å². The first kappa shape index (κ1) is 12.8. The number of aromatic nitrogens is 3. The Hall–Kier alpha value is -2.21. The summed E-state index contributed by atoms with van der Waals surface area (Å²) >= 11 is 1.53. The number of anilines is 1. The molecule has 0 radical (unpaired) electrons. The third kappa shape index (κ3) is 1.98. The fourth-order valence-electron chi connectivity index (χ4n) is 2.06. The molecule has 0 saturated heterocycles. The molecule has 3 aromatic heterocycles. The maximum absolute atomic E-state index is 6.03. The fourth-order valence-corrected chi connectivity index (χ4v) is 2.99. The van der Waals surface area contributed by atoms with Crippen molar-refractivity contribution in [3.05, 3.63) is 34.3 Å².